The Morgan fingerprint density at radius 3 is 3.07 bits per heavy atom. The summed E-state index contributed by atoms with van der Waals surface area (Å²) in [5, 5.41) is 0. The molecule has 0 spiro atoms. The molecule has 2 rings (SSSR count). The highest BCUT2D eigenvalue weighted by molar-refractivity contribution is 5.61. The van der Waals surface area contributed by atoms with Crippen LogP contribution in [0.1, 0.15) is 5.56 Å². The van der Waals surface area contributed by atoms with Gasteiger partial charge in [0.1, 0.15) is 12.4 Å². The molecule has 0 aromatic heterocycles. The summed E-state index contributed by atoms with van der Waals surface area (Å²) in [7, 11) is 2.06. The van der Waals surface area contributed by atoms with E-state index in [1.54, 1.807) is 0 Å². The maximum atomic E-state index is 5.66. The second kappa shape index (κ2) is 3.50. The van der Waals surface area contributed by atoms with E-state index in [0.717, 1.165) is 11.4 Å². The number of aryl methyl sites for hydroxylation is 1. The molecule has 3 heteroatoms. The Bertz CT molecular complexity index is 338. The maximum absolute atomic E-state index is 5.66. The first-order valence-corrected chi connectivity index (χ1v) is 4.88. The number of hydrogen-bond acceptors (Lipinski definition) is 3. The molecule has 0 fully saturated rings. The van der Waals surface area contributed by atoms with Crippen LogP contribution in [0.15, 0.2) is 18.2 Å². The van der Waals surface area contributed by atoms with Gasteiger partial charge in [0, 0.05) is 13.6 Å². The van der Waals surface area contributed by atoms with E-state index < -0.39 is 0 Å². The van der Waals surface area contributed by atoms with Crippen molar-refractivity contribution in [2.24, 2.45) is 5.73 Å². The third-order valence-electron chi connectivity index (χ3n) is 2.75. The molecule has 0 bridgehead atoms. The highest BCUT2D eigenvalue weighted by Crippen LogP contribution is 2.33. The number of likely N-dealkylation sites (N-methyl/N-ethyl adjacent to an activating group) is 1. The molecule has 1 unspecified atom stereocenters. The molecular formula is C11H16N2O. The molecule has 1 heterocycles. The van der Waals surface area contributed by atoms with Gasteiger partial charge in [-0.05, 0) is 24.6 Å². The van der Waals surface area contributed by atoms with Gasteiger partial charge in [-0.15, -0.1) is 0 Å². The number of anilines is 1. The van der Waals surface area contributed by atoms with Crippen molar-refractivity contribution >= 4 is 5.69 Å². The zero-order valence-corrected chi connectivity index (χ0v) is 8.66. The average Bonchev–Trinajstić information content (AvgIpc) is 2.18. The van der Waals surface area contributed by atoms with Gasteiger partial charge < -0.3 is 15.4 Å². The van der Waals surface area contributed by atoms with Gasteiger partial charge in [-0.25, -0.2) is 0 Å². The molecule has 1 atom stereocenters. The fraction of sp³-hybridized carbons (Fsp3) is 0.455. The third kappa shape index (κ3) is 1.44. The van der Waals surface area contributed by atoms with Crippen LogP contribution in [-0.2, 0) is 0 Å². The number of hydrogen-bond donors (Lipinski definition) is 1. The van der Waals surface area contributed by atoms with Crippen molar-refractivity contribution in [1.29, 1.82) is 0 Å². The van der Waals surface area contributed by atoms with Crippen LogP contribution >= 0.6 is 0 Å². The Kier molecular flexibility index (Phi) is 2.33. The van der Waals surface area contributed by atoms with E-state index in [-0.39, 0.29) is 0 Å². The van der Waals surface area contributed by atoms with Crippen molar-refractivity contribution in [2.45, 2.75) is 13.0 Å². The zero-order valence-electron chi connectivity index (χ0n) is 8.66. The summed E-state index contributed by atoms with van der Waals surface area (Å²) in [5.41, 5.74) is 8.02. The van der Waals surface area contributed by atoms with Gasteiger partial charge >= 0.3 is 0 Å². The molecule has 1 aliphatic heterocycles. The van der Waals surface area contributed by atoms with E-state index in [1.165, 1.54) is 5.56 Å². The van der Waals surface area contributed by atoms with E-state index in [2.05, 4.69) is 37.1 Å². The first-order valence-electron chi connectivity index (χ1n) is 4.88. The minimum Gasteiger partial charge on any atom is -0.489 e. The molecule has 3 nitrogen and oxygen atoms in total. The first-order chi connectivity index (χ1) is 6.72. The van der Waals surface area contributed by atoms with Crippen LogP contribution in [0, 0.1) is 6.92 Å². The second-order valence-corrected chi connectivity index (χ2v) is 3.78. The quantitative estimate of drug-likeness (QED) is 0.725. The molecule has 0 saturated carbocycles. The predicted molar refractivity (Wildman–Crippen MR) is 57.9 cm³/mol. The molecule has 2 N–H and O–H groups in total. The van der Waals surface area contributed by atoms with Crippen molar-refractivity contribution in [2.75, 3.05) is 25.1 Å². The molecule has 0 radical (unpaired) electrons. The summed E-state index contributed by atoms with van der Waals surface area (Å²) < 4.78 is 5.66. The standard InChI is InChI=1S/C11H16N2O/c1-8-3-4-10-11(5-8)14-7-9(6-12)13(10)2/h3-5,9H,6-7,12H2,1-2H3. The Morgan fingerprint density at radius 1 is 1.57 bits per heavy atom. The lowest BCUT2D eigenvalue weighted by molar-refractivity contribution is 0.269. The first kappa shape index (κ1) is 9.34. The Hall–Kier alpha value is -1.22. The summed E-state index contributed by atoms with van der Waals surface area (Å²) in [6.45, 7) is 3.38. The maximum Gasteiger partial charge on any atom is 0.142 e. The van der Waals surface area contributed by atoms with Crippen LogP contribution in [0.2, 0.25) is 0 Å². The smallest absolute Gasteiger partial charge is 0.142 e. The fourth-order valence-electron chi connectivity index (χ4n) is 1.75. The summed E-state index contributed by atoms with van der Waals surface area (Å²) in [6.07, 6.45) is 0. The van der Waals surface area contributed by atoms with Crippen LogP contribution in [0.4, 0.5) is 5.69 Å². The molecule has 0 aliphatic carbocycles. The van der Waals surface area contributed by atoms with Gasteiger partial charge in [0.25, 0.3) is 0 Å². The van der Waals surface area contributed by atoms with Crippen LogP contribution in [-0.4, -0.2) is 26.2 Å². The number of fused-ring (bicyclic) bond motifs is 1. The highest BCUT2D eigenvalue weighted by atomic mass is 16.5. The zero-order chi connectivity index (χ0) is 10.1. The van der Waals surface area contributed by atoms with E-state index in [9.17, 15) is 0 Å². The molecule has 76 valence electrons. The summed E-state index contributed by atoms with van der Waals surface area (Å²) in [6, 6.07) is 6.55. The second-order valence-electron chi connectivity index (χ2n) is 3.78. The Balaban J connectivity index is 2.36. The Morgan fingerprint density at radius 2 is 2.36 bits per heavy atom. The van der Waals surface area contributed by atoms with Crippen molar-refractivity contribution in [1.82, 2.24) is 0 Å². The number of nitrogens with zero attached hydrogens (tertiary/aromatic N) is 1. The number of rotatable bonds is 1. The summed E-state index contributed by atoms with van der Waals surface area (Å²) in [5.74, 6) is 0.970. The van der Waals surface area contributed by atoms with Gasteiger partial charge in [-0.2, -0.15) is 0 Å². The minimum absolute atomic E-state index is 0.296. The number of benzene rings is 1. The van der Waals surface area contributed by atoms with Crippen LogP contribution < -0.4 is 15.4 Å². The normalized spacial score (nSPS) is 20.2. The van der Waals surface area contributed by atoms with Crippen LogP contribution in [0.25, 0.3) is 0 Å². The van der Waals surface area contributed by atoms with Gasteiger partial charge in [-0.1, -0.05) is 6.07 Å². The lowest BCUT2D eigenvalue weighted by Gasteiger charge is -2.35. The van der Waals surface area contributed by atoms with Crippen molar-refractivity contribution in [3.8, 4) is 5.75 Å². The molecular weight excluding hydrogens is 176 g/mol. The van der Waals surface area contributed by atoms with Gasteiger partial charge in [0.05, 0.1) is 11.7 Å². The van der Waals surface area contributed by atoms with Crippen LogP contribution in [0.5, 0.6) is 5.75 Å². The lowest BCUT2D eigenvalue weighted by Crippen LogP contribution is -2.45. The van der Waals surface area contributed by atoms with Gasteiger partial charge in [0.2, 0.25) is 0 Å². The SMILES string of the molecule is Cc1ccc2c(c1)OCC(CN)N2C. The molecule has 0 saturated heterocycles. The van der Waals surface area contributed by atoms with E-state index >= 15 is 0 Å². The summed E-state index contributed by atoms with van der Waals surface area (Å²) >= 11 is 0. The monoisotopic (exact) mass is 192 g/mol. The minimum atomic E-state index is 0.296. The third-order valence-corrected chi connectivity index (χ3v) is 2.75. The van der Waals surface area contributed by atoms with Gasteiger partial charge in [0.15, 0.2) is 0 Å². The largest absolute Gasteiger partial charge is 0.489 e. The number of ether oxygens (including phenoxy) is 1. The topological polar surface area (TPSA) is 38.5 Å². The van der Waals surface area contributed by atoms with Crippen molar-refractivity contribution in [3.63, 3.8) is 0 Å². The fourth-order valence-corrected chi connectivity index (χ4v) is 1.75. The molecule has 0 amide bonds. The molecule has 1 aromatic carbocycles. The average molecular weight is 192 g/mol. The van der Waals surface area contributed by atoms with E-state index in [4.69, 9.17) is 10.5 Å². The Labute approximate surface area is 84.5 Å². The molecule has 1 aromatic rings. The summed E-state index contributed by atoms with van der Waals surface area (Å²) in [4.78, 5) is 2.19. The van der Waals surface area contributed by atoms with E-state index in [0.29, 0.717) is 19.2 Å². The molecule has 14 heavy (non-hydrogen) atoms. The van der Waals surface area contributed by atoms with Gasteiger partial charge in [-0.3, -0.25) is 0 Å². The van der Waals surface area contributed by atoms with Crippen LogP contribution in [0.3, 0.4) is 0 Å². The predicted octanol–water partition coefficient (Wildman–Crippen LogP) is 1.15. The van der Waals surface area contributed by atoms with E-state index in [1.807, 2.05) is 0 Å². The van der Waals surface area contributed by atoms with Crippen molar-refractivity contribution in [3.05, 3.63) is 23.8 Å². The molecule has 1 aliphatic rings. The highest BCUT2D eigenvalue weighted by Gasteiger charge is 2.22. The van der Waals surface area contributed by atoms with Crippen molar-refractivity contribution < 1.29 is 4.74 Å². The lowest BCUT2D eigenvalue weighted by atomic mass is 10.1. The number of nitrogens with two attached hydrogens (primary N) is 1.